The summed E-state index contributed by atoms with van der Waals surface area (Å²) in [5.41, 5.74) is 6.87. The zero-order valence-corrected chi connectivity index (χ0v) is 23.4. The first-order chi connectivity index (χ1) is 18.7. The molecule has 2 heterocycles. The molecule has 0 unspecified atom stereocenters. The number of fused-ring (bicyclic) bond motifs is 1. The molecule has 39 heavy (non-hydrogen) atoms. The van der Waals surface area contributed by atoms with Crippen LogP contribution in [-0.4, -0.2) is 35.7 Å². The summed E-state index contributed by atoms with van der Waals surface area (Å²) in [5.74, 6) is 1.52. The molecule has 0 spiro atoms. The highest BCUT2D eigenvalue weighted by Crippen LogP contribution is 2.36. The topological polar surface area (TPSA) is 103 Å². The predicted molar refractivity (Wildman–Crippen MR) is 151 cm³/mol. The number of aryl methyl sites for hydroxylation is 3. The number of rotatable bonds is 7. The minimum Gasteiger partial charge on any atom is -0.448 e. The van der Waals surface area contributed by atoms with Crippen molar-refractivity contribution in [1.29, 1.82) is 0 Å². The average Bonchev–Trinajstić information content (AvgIpc) is 3.29. The van der Waals surface area contributed by atoms with Crippen LogP contribution in [-0.2, 0) is 21.2 Å². The Labute approximate surface area is 229 Å². The van der Waals surface area contributed by atoms with Gasteiger partial charge in [-0.3, -0.25) is 9.55 Å². The summed E-state index contributed by atoms with van der Waals surface area (Å²) in [6, 6.07) is 16.5. The normalized spacial score (nSPS) is 14.4. The zero-order chi connectivity index (χ0) is 27.6. The molecule has 1 fully saturated rings. The molecule has 1 amide bonds. The van der Waals surface area contributed by atoms with Gasteiger partial charge in [0, 0.05) is 23.7 Å². The second-order valence-electron chi connectivity index (χ2n) is 10.3. The molecule has 5 rings (SSSR count). The predicted octanol–water partition coefficient (Wildman–Crippen LogP) is 6.05. The second-order valence-corrected chi connectivity index (χ2v) is 12.0. The smallest absolute Gasteiger partial charge is 0.421 e. The molecule has 204 valence electrons. The van der Waals surface area contributed by atoms with E-state index in [1.807, 2.05) is 37.6 Å². The Balaban J connectivity index is 1.28. The summed E-state index contributed by atoms with van der Waals surface area (Å²) in [5, 5.41) is 0. The van der Waals surface area contributed by atoms with Crippen molar-refractivity contribution in [2.75, 3.05) is 6.61 Å². The largest absolute Gasteiger partial charge is 0.448 e. The van der Waals surface area contributed by atoms with Crippen LogP contribution in [0.15, 0.2) is 59.5 Å². The highest BCUT2D eigenvalue weighted by molar-refractivity contribution is 7.90. The number of hydrogen-bond donors (Lipinski definition) is 1. The number of imidazole rings is 1. The number of benzene rings is 2. The van der Waals surface area contributed by atoms with Crippen LogP contribution in [0.2, 0.25) is 0 Å². The highest BCUT2D eigenvalue weighted by atomic mass is 32.2. The first-order valence-electron chi connectivity index (χ1n) is 13.4. The Hall–Kier alpha value is -3.72. The number of hydrogen-bond acceptors (Lipinski definition) is 6. The summed E-state index contributed by atoms with van der Waals surface area (Å²) >= 11 is 0. The van der Waals surface area contributed by atoms with Gasteiger partial charge in [-0.25, -0.2) is 22.9 Å². The summed E-state index contributed by atoms with van der Waals surface area (Å²) < 4.78 is 34.2. The van der Waals surface area contributed by atoms with E-state index in [9.17, 15) is 13.2 Å². The molecule has 8 nitrogen and oxygen atoms in total. The van der Waals surface area contributed by atoms with E-state index in [0.717, 1.165) is 57.9 Å². The lowest BCUT2D eigenvalue weighted by Gasteiger charge is -2.22. The third-order valence-corrected chi connectivity index (χ3v) is 8.64. The summed E-state index contributed by atoms with van der Waals surface area (Å²) in [6.07, 6.45) is 5.49. The van der Waals surface area contributed by atoms with Crippen LogP contribution in [0.5, 0.6) is 0 Å². The maximum absolute atomic E-state index is 12.4. The number of carbonyl (C=O) groups excluding carboxylic acids is 1. The molecule has 1 saturated carbocycles. The summed E-state index contributed by atoms with van der Waals surface area (Å²) in [6.45, 7) is 5.94. The molecule has 2 aromatic carbocycles. The van der Waals surface area contributed by atoms with Crippen molar-refractivity contribution in [3.63, 3.8) is 0 Å². The van der Waals surface area contributed by atoms with E-state index in [-0.39, 0.29) is 11.5 Å². The fourth-order valence-corrected chi connectivity index (χ4v) is 6.18. The van der Waals surface area contributed by atoms with Crippen LogP contribution in [0.4, 0.5) is 4.79 Å². The Morgan fingerprint density at radius 1 is 0.974 bits per heavy atom. The van der Waals surface area contributed by atoms with Crippen LogP contribution in [0, 0.1) is 20.8 Å². The van der Waals surface area contributed by atoms with Crippen LogP contribution in [0.25, 0.3) is 16.7 Å². The van der Waals surface area contributed by atoms with Crippen molar-refractivity contribution in [1.82, 2.24) is 19.3 Å². The second kappa shape index (κ2) is 11.2. The van der Waals surface area contributed by atoms with Crippen molar-refractivity contribution < 1.29 is 17.9 Å². The number of pyridine rings is 1. The van der Waals surface area contributed by atoms with Gasteiger partial charge in [-0.1, -0.05) is 49.1 Å². The first kappa shape index (κ1) is 26.9. The number of aromatic nitrogens is 3. The average molecular weight is 547 g/mol. The lowest BCUT2D eigenvalue weighted by atomic mass is 9.88. The number of ether oxygens (including phenoxy) is 1. The molecule has 2 aromatic heterocycles. The van der Waals surface area contributed by atoms with Crippen molar-refractivity contribution in [2.45, 2.75) is 70.1 Å². The lowest BCUT2D eigenvalue weighted by Crippen LogP contribution is -2.31. The quantitative estimate of drug-likeness (QED) is 0.303. The molecule has 1 aliphatic carbocycles. The molecule has 0 radical (unpaired) electrons. The molecule has 1 N–H and O–H groups in total. The van der Waals surface area contributed by atoms with Gasteiger partial charge in [-0.2, -0.15) is 0 Å². The number of nitrogens with zero attached hydrogens (tertiary/aromatic N) is 3. The minimum absolute atomic E-state index is 0.0152. The molecule has 9 heteroatoms. The SMILES string of the molecule is Cc1ccc(S(=O)(=O)NC(=O)OCCc2ccc(-n3c(C4CCCCC4)nc4c(C)nc(C)cc43)cc2)cc1. The van der Waals surface area contributed by atoms with Crippen LogP contribution in [0.3, 0.4) is 0 Å². The molecule has 4 aromatic rings. The van der Waals surface area contributed by atoms with Gasteiger partial charge >= 0.3 is 6.09 Å². The first-order valence-corrected chi connectivity index (χ1v) is 14.9. The van der Waals surface area contributed by atoms with E-state index in [1.165, 1.54) is 31.4 Å². The summed E-state index contributed by atoms with van der Waals surface area (Å²) in [7, 11) is -3.98. The van der Waals surface area contributed by atoms with Crippen molar-refractivity contribution in [3.05, 3.63) is 82.9 Å². The molecule has 0 aliphatic heterocycles. The van der Waals surface area contributed by atoms with Crippen molar-refractivity contribution >= 4 is 27.1 Å². The van der Waals surface area contributed by atoms with Gasteiger partial charge in [0.25, 0.3) is 10.0 Å². The number of nitrogens with one attached hydrogen (secondary N) is 1. The maximum Gasteiger partial charge on any atom is 0.421 e. The van der Waals surface area contributed by atoms with E-state index in [4.69, 9.17) is 9.72 Å². The Kier molecular flexibility index (Phi) is 7.70. The van der Waals surface area contributed by atoms with Gasteiger partial charge in [0.1, 0.15) is 11.3 Å². The van der Waals surface area contributed by atoms with Gasteiger partial charge in [0.2, 0.25) is 0 Å². The third-order valence-electron chi connectivity index (χ3n) is 7.31. The third kappa shape index (κ3) is 5.98. The van der Waals surface area contributed by atoms with Gasteiger partial charge in [0.05, 0.1) is 22.7 Å². The Bertz CT molecular complexity index is 1590. The molecular weight excluding hydrogens is 512 g/mol. The van der Waals surface area contributed by atoms with Gasteiger partial charge < -0.3 is 4.74 Å². The summed E-state index contributed by atoms with van der Waals surface area (Å²) in [4.78, 5) is 21.9. The number of amides is 1. The van der Waals surface area contributed by atoms with Crippen LogP contribution < -0.4 is 4.72 Å². The highest BCUT2D eigenvalue weighted by Gasteiger charge is 2.24. The molecule has 0 bridgehead atoms. The molecular formula is C30H34N4O4S. The van der Waals surface area contributed by atoms with Crippen molar-refractivity contribution in [2.24, 2.45) is 0 Å². The van der Waals surface area contributed by atoms with Crippen molar-refractivity contribution in [3.8, 4) is 5.69 Å². The minimum atomic E-state index is -3.98. The zero-order valence-electron chi connectivity index (χ0n) is 22.6. The molecule has 0 saturated heterocycles. The molecule has 0 atom stereocenters. The maximum atomic E-state index is 12.4. The van der Waals surface area contributed by atoms with Gasteiger partial charge in [-0.15, -0.1) is 0 Å². The Morgan fingerprint density at radius 2 is 1.67 bits per heavy atom. The van der Waals surface area contributed by atoms with Crippen LogP contribution in [0.1, 0.15) is 66.4 Å². The van der Waals surface area contributed by atoms with E-state index < -0.39 is 16.1 Å². The van der Waals surface area contributed by atoms with Crippen LogP contribution >= 0.6 is 0 Å². The lowest BCUT2D eigenvalue weighted by molar-refractivity contribution is 0.154. The Morgan fingerprint density at radius 3 is 2.36 bits per heavy atom. The monoisotopic (exact) mass is 546 g/mol. The van der Waals surface area contributed by atoms with E-state index in [1.54, 1.807) is 12.1 Å². The van der Waals surface area contributed by atoms with Gasteiger partial charge in [-0.05, 0) is 69.5 Å². The van der Waals surface area contributed by atoms with E-state index >= 15 is 0 Å². The number of carbonyl (C=O) groups is 1. The van der Waals surface area contributed by atoms with Gasteiger partial charge in [0.15, 0.2) is 0 Å². The number of sulfonamides is 1. The fourth-order valence-electron chi connectivity index (χ4n) is 5.29. The van der Waals surface area contributed by atoms with E-state index in [0.29, 0.717) is 12.3 Å². The van der Waals surface area contributed by atoms with E-state index in [2.05, 4.69) is 27.8 Å². The standard InChI is InChI=1S/C30H34N4O4S/c1-20-9-15-26(16-10-20)39(36,37)33-30(35)38-18-17-23-11-13-25(14-12-23)34-27-19-21(2)31-22(3)28(27)32-29(34)24-7-5-4-6-8-24/h9-16,19,24H,4-8,17-18H2,1-3H3,(H,33,35). The fraction of sp³-hybridized carbons (Fsp3) is 0.367. The molecule has 1 aliphatic rings.